The quantitative estimate of drug-likeness (QED) is 0.623. The first kappa shape index (κ1) is 24.1. The molecule has 2 rings (SSSR count). The number of hydrogen-bond acceptors (Lipinski definition) is 2. The minimum absolute atomic E-state index is 0.115. The number of imidazole rings is 1. The molecular formula is C25H41N4O+. The first-order valence-electron chi connectivity index (χ1n) is 10.8. The van der Waals surface area contributed by atoms with E-state index in [9.17, 15) is 4.79 Å². The van der Waals surface area contributed by atoms with Crippen LogP contribution in [0.4, 0.5) is 5.69 Å². The molecule has 3 N–H and O–H groups in total. The number of carbonyl (C=O) groups excluding carboxylic acids is 1. The Balaban J connectivity index is 2.58. The molecule has 0 spiro atoms. The molecule has 166 valence electrons. The number of nitrogens with two attached hydrogens (primary N) is 1. The predicted octanol–water partition coefficient (Wildman–Crippen LogP) is 5.06. The number of benzene rings is 1. The zero-order chi connectivity index (χ0) is 23.0. The second-order valence-corrected chi connectivity index (χ2v) is 11.7. The highest BCUT2D eigenvalue weighted by atomic mass is 16.2. The lowest BCUT2D eigenvalue weighted by Crippen LogP contribution is -2.60. The molecule has 0 bridgehead atoms. The number of para-hydroxylation sites is 1. The van der Waals surface area contributed by atoms with Crippen molar-refractivity contribution in [2.45, 2.75) is 91.8 Å². The first-order valence-corrected chi connectivity index (χ1v) is 10.8. The maximum Gasteiger partial charge on any atom is 0.349 e. The van der Waals surface area contributed by atoms with Crippen LogP contribution in [0.15, 0.2) is 42.7 Å². The van der Waals surface area contributed by atoms with Crippen LogP contribution >= 0.6 is 0 Å². The fraction of sp³-hybridized carbons (Fsp3) is 0.600. The van der Waals surface area contributed by atoms with Gasteiger partial charge in [0.05, 0.1) is 0 Å². The van der Waals surface area contributed by atoms with Crippen molar-refractivity contribution in [3.63, 3.8) is 0 Å². The van der Waals surface area contributed by atoms with E-state index in [1.165, 1.54) is 0 Å². The number of amides is 1. The third-order valence-electron chi connectivity index (χ3n) is 5.21. The van der Waals surface area contributed by atoms with Gasteiger partial charge >= 0.3 is 11.7 Å². The Morgan fingerprint density at radius 3 is 2.03 bits per heavy atom. The number of nitrogens with one attached hydrogen (secondary N) is 1. The van der Waals surface area contributed by atoms with Crippen LogP contribution in [0.3, 0.4) is 0 Å². The largest absolute Gasteiger partial charge is 0.349 e. The monoisotopic (exact) mass is 413 g/mol. The van der Waals surface area contributed by atoms with Gasteiger partial charge < -0.3 is 11.1 Å². The molecule has 1 aromatic carbocycles. The van der Waals surface area contributed by atoms with E-state index in [0.717, 1.165) is 18.5 Å². The first-order chi connectivity index (χ1) is 13.5. The number of carbonyl (C=O) groups is 1. The molecule has 0 aliphatic heterocycles. The van der Waals surface area contributed by atoms with Gasteiger partial charge in [-0.2, -0.15) is 0 Å². The molecule has 0 unspecified atom stereocenters. The second kappa shape index (κ2) is 8.18. The number of aromatic nitrogens is 2. The van der Waals surface area contributed by atoms with E-state index < -0.39 is 0 Å². The molecular weight excluding hydrogens is 372 g/mol. The fourth-order valence-corrected chi connectivity index (χ4v) is 4.88. The van der Waals surface area contributed by atoms with Gasteiger partial charge in [0.2, 0.25) is 0 Å². The average molecular weight is 414 g/mol. The van der Waals surface area contributed by atoms with Crippen LogP contribution in [0.25, 0.3) is 0 Å². The van der Waals surface area contributed by atoms with E-state index in [-0.39, 0.29) is 27.9 Å². The van der Waals surface area contributed by atoms with Crippen LogP contribution < -0.4 is 15.6 Å². The molecule has 1 heterocycles. The topological polar surface area (TPSA) is 63.9 Å². The van der Waals surface area contributed by atoms with E-state index in [1.807, 2.05) is 56.6 Å². The van der Waals surface area contributed by atoms with Gasteiger partial charge in [0.25, 0.3) is 0 Å². The number of nitrogens with zero attached hydrogens (tertiary/aromatic N) is 2. The fourth-order valence-electron chi connectivity index (χ4n) is 4.88. The van der Waals surface area contributed by atoms with Gasteiger partial charge in [0.15, 0.2) is 0 Å². The van der Waals surface area contributed by atoms with Gasteiger partial charge in [-0.25, -0.2) is 9.13 Å². The summed E-state index contributed by atoms with van der Waals surface area (Å²) >= 11 is 0. The summed E-state index contributed by atoms with van der Waals surface area (Å²) in [6.45, 7) is 19.4. The summed E-state index contributed by atoms with van der Waals surface area (Å²) in [5.41, 5.74) is 6.36. The van der Waals surface area contributed by atoms with Crippen LogP contribution in [-0.4, -0.2) is 16.0 Å². The summed E-state index contributed by atoms with van der Waals surface area (Å²) in [4.78, 5) is 13.6. The summed E-state index contributed by atoms with van der Waals surface area (Å²) < 4.78 is 4.21. The van der Waals surface area contributed by atoms with E-state index in [4.69, 9.17) is 5.73 Å². The van der Waals surface area contributed by atoms with Gasteiger partial charge in [-0.15, -0.1) is 0 Å². The number of rotatable bonds is 7. The molecule has 0 atom stereocenters. The molecule has 1 amide bonds. The van der Waals surface area contributed by atoms with Crippen molar-refractivity contribution >= 4 is 11.6 Å². The van der Waals surface area contributed by atoms with Crippen LogP contribution in [0.1, 0.15) is 85.8 Å². The molecule has 2 aromatic rings. The zero-order valence-corrected chi connectivity index (χ0v) is 20.3. The van der Waals surface area contributed by atoms with Crippen molar-refractivity contribution in [2.75, 3.05) is 5.32 Å². The molecule has 0 aliphatic rings. The van der Waals surface area contributed by atoms with Gasteiger partial charge in [0.1, 0.15) is 23.5 Å². The van der Waals surface area contributed by atoms with E-state index in [2.05, 4.69) is 62.9 Å². The minimum atomic E-state index is -0.354. The third kappa shape index (κ3) is 6.18. The van der Waals surface area contributed by atoms with Gasteiger partial charge in [-0.1, -0.05) is 39.0 Å². The highest BCUT2D eigenvalue weighted by Crippen LogP contribution is 2.33. The van der Waals surface area contributed by atoms with Crippen LogP contribution in [0.2, 0.25) is 0 Å². The van der Waals surface area contributed by atoms with E-state index in [1.54, 1.807) is 0 Å². The van der Waals surface area contributed by atoms with Gasteiger partial charge in [0, 0.05) is 17.6 Å². The summed E-state index contributed by atoms with van der Waals surface area (Å²) in [5.74, 6) is 0.526. The van der Waals surface area contributed by atoms with Crippen molar-refractivity contribution < 1.29 is 9.36 Å². The SMILES string of the molecule is CC(C)(C)CC(C)(C)n1cc[n+](C(C)(C)CC(C)(C)N)c1C(=O)Nc1ccccc1. The Kier molecular flexibility index (Phi) is 6.58. The van der Waals surface area contributed by atoms with Gasteiger partial charge in [-0.3, -0.25) is 4.79 Å². The van der Waals surface area contributed by atoms with Crippen molar-refractivity contribution in [2.24, 2.45) is 11.1 Å². The van der Waals surface area contributed by atoms with Crippen LogP contribution in [0.5, 0.6) is 0 Å². The van der Waals surface area contributed by atoms with Crippen LogP contribution in [-0.2, 0) is 11.1 Å². The molecule has 5 nitrogen and oxygen atoms in total. The third-order valence-corrected chi connectivity index (χ3v) is 5.21. The van der Waals surface area contributed by atoms with Crippen molar-refractivity contribution in [1.82, 2.24) is 4.57 Å². The number of anilines is 1. The molecule has 0 radical (unpaired) electrons. The van der Waals surface area contributed by atoms with Gasteiger partial charge in [-0.05, 0) is 65.5 Å². The molecule has 0 saturated heterocycles. The smallest absolute Gasteiger partial charge is 0.325 e. The standard InChI is InChI=1S/C25H40N4O/c1-22(2,3)17-24(6,7)28-15-16-29(25(8,9)18-23(4,5)26)21(28)20(30)27-19-13-11-10-12-14-19/h10-16H,17-18,26H2,1-9H3/p+1. The highest BCUT2D eigenvalue weighted by molar-refractivity contribution is 6.00. The average Bonchev–Trinajstić information content (AvgIpc) is 2.98. The normalized spacial score (nSPS) is 13.4. The Bertz CT molecular complexity index is 819. The zero-order valence-electron chi connectivity index (χ0n) is 20.3. The van der Waals surface area contributed by atoms with Crippen molar-refractivity contribution in [3.05, 3.63) is 48.5 Å². The summed E-state index contributed by atoms with van der Waals surface area (Å²) in [6, 6.07) is 9.60. The van der Waals surface area contributed by atoms with Crippen molar-refractivity contribution in [1.29, 1.82) is 0 Å². The Labute approximate surface area is 182 Å². The summed E-state index contributed by atoms with van der Waals surface area (Å²) in [7, 11) is 0. The van der Waals surface area contributed by atoms with Crippen LogP contribution in [0, 0.1) is 5.41 Å². The number of hydrogen-bond donors (Lipinski definition) is 2. The lowest BCUT2D eigenvalue weighted by Gasteiger charge is -2.32. The Morgan fingerprint density at radius 1 is 0.967 bits per heavy atom. The van der Waals surface area contributed by atoms with E-state index in [0.29, 0.717) is 5.82 Å². The highest BCUT2D eigenvalue weighted by Gasteiger charge is 2.42. The molecule has 0 aliphatic carbocycles. The molecule has 0 saturated carbocycles. The van der Waals surface area contributed by atoms with Crippen molar-refractivity contribution in [3.8, 4) is 0 Å². The summed E-state index contributed by atoms with van der Waals surface area (Å²) in [6.07, 6.45) is 5.73. The summed E-state index contributed by atoms with van der Waals surface area (Å²) in [5, 5.41) is 3.08. The predicted molar refractivity (Wildman–Crippen MR) is 125 cm³/mol. The molecule has 0 fully saturated rings. The van der Waals surface area contributed by atoms with E-state index >= 15 is 0 Å². The Morgan fingerprint density at radius 2 is 1.53 bits per heavy atom. The minimum Gasteiger partial charge on any atom is -0.325 e. The molecule has 1 aromatic heterocycles. The maximum atomic E-state index is 13.6. The lowest BCUT2D eigenvalue weighted by molar-refractivity contribution is -0.760. The lowest BCUT2D eigenvalue weighted by atomic mass is 9.81. The molecule has 30 heavy (non-hydrogen) atoms. The maximum absolute atomic E-state index is 13.6. The Hall–Kier alpha value is -2.14. The second-order valence-electron chi connectivity index (χ2n) is 11.7. The molecule has 5 heteroatoms.